The van der Waals surface area contributed by atoms with E-state index in [4.69, 9.17) is 11.6 Å². The Kier molecular flexibility index (Phi) is 6.38. The molecule has 1 aromatic heterocycles. The van der Waals surface area contributed by atoms with Gasteiger partial charge in [-0.3, -0.25) is 14.9 Å². The summed E-state index contributed by atoms with van der Waals surface area (Å²) in [4.78, 5) is 38.3. The molecule has 9 nitrogen and oxygen atoms in total. The lowest BCUT2D eigenvalue weighted by molar-refractivity contribution is -0.384. The topological polar surface area (TPSA) is 109 Å². The number of benzene rings is 2. The number of nitrogens with zero attached hydrogens (tertiary/aromatic N) is 4. The van der Waals surface area contributed by atoms with Gasteiger partial charge < -0.3 is 14.6 Å². The number of anilines is 3. The number of nitro groups is 1. The van der Waals surface area contributed by atoms with Crippen molar-refractivity contribution in [1.82, 2.24) is 4.57 Å². The number of halogens is 1. The minimum Gasteiger partial charge on any atom is -0.464 e. The number of hydrogen-bond donors (Lipinski definition) is 1. The Morgan fingerprint density at radius 1 is 1.24 bits per heavy atom. The lowest BCUT2D eigenvalue weighted by Crippen LogP contribution is -2.28. The number of fused-ring (bicyclic) bond motifs is 1. The average Bonchev–Trinajstić information content (AvgIpc) is 3.40. The van der Waals surface area contributed by atoms with Crippen LogP contribution in [-0.2, 0) is 11.8 Å². The molecule has 0 spiro atoms. The smallest absolute Gasteiger partial charge is 0.417 e. The first-order valence-electron chi connectivity index (χ1n) is 10.4. The van der Waals surface area contributed by atoms with Crippen LogP contribution in [0.25, 0.3) is 6.08 Å². The van der Waals surface area contributed by atoms with Gasteiger partial charge in [-0.25, -0.2) is 9.69 Å². The number of carboxylic acid groups (broad SMARTS) is 1. The van der Waals surface area contributed by atoms with E-state index < -0.39 is 11.0 Å². The number of non-ortho nitro benzene ring substituents is 1. The molecule has 3 aromatic rings. The minimum absolute atomic E-state index is 0.0992. The fourth-order valence-corrected chi connectivity index (χ4v) is 4.30. The highest BCUT2D eigenvalue weighted by Crippen LogP contribution is 2.39. The Balaban J connectivity index is 1.60. The Labute approximate surface area is 200 Å². The summed E-state index contributed by atoms with van der Waals surface area (Å²) >= 11 is 6.06. The molecule has 1 atom stereocenters. The molecule has 174 valence electrons. The standard InChI is InChI=1S/C24H21ClN4O5/c1-26-11-3-6-22(26)28(24(31)32)18-5-2-4-16(12-18)7-10-23(30)27-15-17(14-25)20-9-8-19(29(33)34)13-21(20)27/h2-13,17H,14-15H2,1H3,(H,31,32)/b10-7+. The number of nitro benzene ring substituents is 1. The molecule has 1 unspecified atom stereocenters. The maximum atomic E-state index is 13.0. The van der Waals surface area contributed by atoms with Gasteiger partial charge in [0, 0.05) is 49.8 Å². The van der Waals surface area contributed by atoms with Crippen molar-refractivity contribution in [2.45, 2.75) is 5.92 Å². The van der Waals surface area contributed by atoms with Gasteiger partial charge in [-0.05, 0) is 47.5 Å². The molecule has 0 aliphatic carbocycles. The van der Waals surface area contributed by atoms with Crippen LogP contribution >= 0.6 is 11.6 Å². The molecular formula is C24H21ClN4O5. The molecule has 1 aliphatic heterocycles. The van der Waals surface area contributed by atoms with Crippen LogP contribution in [0, 0.1) is 10.1 Å². The van der Waals surface area contributed by atoms with E-state index in [0.29, 0.717) is 29.3 Å². The van der Waals surface area contributed by atoms with Crippen LogP contribution in [-0.4, -0.2) is 39.0 Å². The SMILES string of the molecule is Cn1cccc1N(C(=O)O)c1cccc(/C=C/C(=O)N2CC(CCl)c3ccc([N+](=O)[O-])cc32)c1. The molecule has 0 fully saturated rings. The molecule has 0 bridgehead atoms. The number of alkyl halides is 1. The second-order valence-electron chi connectivity index (χ2n) is 7.82. The van der Waals surface area contributed by atoms with E-state index in [1.807, 2.05) is 0 Å². The van der Waals surface area contributed by atoms with Gasteiger partial charge in [0.15, 0.2) is 0 Å². The van der Waals surface area contributed by atoms with Crippen LogP contribution in [0.4, 0.5) is 27.7 Å². The van der Waals surface area contributed by atoms with Crippen molar-refractivity contribution in [3.8, 4) is 0 Å². The van der Waals surface area contributed by atoms with Crippen LogP contribution in [0.15, 0.2) is 66.9 Å². The van der Waals surface area contributed by atoms with E-state index in [-0.39, 0.29) is 23.4 Å². The van der Waals surface area contributed by atoms with Gasteiger partial charge in [0.1, 0.15) is 5.82 Å². The Bertz CT molecular complexity index is 1300. The summed E-state index contributed by atoms with van der Waals surface area (Å²) in [5, 5.41) is 20.9. The van der Waals surface area contributed by atoms with Gasteiger partial charge in [0.2, 0.25) is 0 Å². The summed E-state index contributed by atoms with van der Waals surface area (Å²) in [6.45, 7) is 0.323. The molecule has 4 rings (SSSR count). The first-order chi connectivity index (χ1) is 16.3. The van der Waals surface area contributed by atoms with E-state index in [0.717, 1.165) is 10.5 Å². The highest BCUT2D eigenvalue weighted by atomic mass is 35.5. The van der Waals surface area contributed by atoms with Crippen LogP contribution in [0.5, 0.6) is 0 Å². The zero-order valence-corrected chi connectivity index (χ0v) is 18.9. The van der Waals surface area contributed by atoms with Crippen molar-refractivity contribution in [3.63, 3.8) is 0 Å². The van der Waals surface area contributed by atoms with Crippen LogP contribution < -0.4 is 9.80 Å². The number of aromatic nitrogens is 1. The molecule has 0 saturated carbocycles. The Hall–Kier alpha value is -4.11. The molecule has 2 amide bonds. The Morgan fingerprint density at radius 3 is 2.68 bits per heavy atom. The summed E-state index contributed by atoms with van der Waals surface area (Å²) < 4.78 is 1.69. The molecule has 0 radical (unpaired) electrons. The first kappa shape index (κ1) is 23.1. The predicted molar refractivity (Wildman–Crippen MR) is 130 cm³/mol. The zero-order valence-electron chi connectivity index (χ0n) is 18.2. The highest BCUT2D eigenvalue weighted by molar-refractivity contribution is 6.18. The third-order valence-electron chi connectivity index (χ3n) is 5.69. The lowest BCUT2D eigenvalue weighted by atomic mass is 10.0. The Morgan fingerprint density at radius 2 is 2.03 bits per heavy atom. The van der Waals surface area contributed by atoms with Gasteiger partial charge in [-0.15, -0.1) is 11.6 Å². The van der Waals surface area contributed by atoms with Crippen molar-refractivity contribution in [2.75, 3.05) is 22.2 Å². The van der Waals surface area contributed by atoms with E-state index in [2.05, 4.69) is 0 Å². The third kappa shape index (κ3) is 4.38. The molecule has 0 saturated heterocycles. The molecule has 1 N–H and O–H groups in total. The number of hydrogen-bond acceptors (Lipinski definition) is 4. The van der Waals surface area contributed by atoms with Gasteiger partial charge in [0.05, 0.1) is 16.3 Å². The number of rotatable bonds is 6. The minimum atomic E-state index is -1.14. The molecule has 1 aliphatic rings. The van der Waals surface area contributed by atoms with E-state index >= 15 is 0 Å². The number of carbonyl (C=O) groups excluding carboxylic acids is 1. The number of amides is 2. The highest BCUT2D eigenvalue weighted by Gasteiger charge is 2.32. The van der Waals surface area contributed by atoms with Crippen molar-refractivity contribution in [2.24, 2.45) is 7.05 Å². The fourth-order valence-electron chi connectivity index (χ4n) is 4.03. The van der Waals surface area contributed by atoms with Crippen molar-refractivity contribution < 1.29 is 19.6 Å². The number of carbonyl (C=O) groups is 2. The van der Waals surface area contributed by atoms with E-state index in [1.165, 1.54) is 23.1 Å². The van der Waals surface area contributed by atoms with Crippen LogP contribution in [0.2, 0.25) is 0 Å². The largest absolute Gasteiger partial charge is 0.464 e. The second-order valence-corrected chi connectivity index (χ2v) is 8.13. The van der Waals surface area contributed by atoms with Crippen molar-refractivity contribution >= 4 is 52.6 Å². The second kappa shape index (κ2) is 9.40. The summed E-state index contributed by atoms with van der Waals surface area (Å²) in [6, 6.07) is 14.7. The van der Waals surface area contributed by atoms with Gasteiger partial charge in [-0.1, -0.05) is 12.1 Å². The molecule has 34 heavy (non-hydrogen) atoms. The number of aryl methyl sites for hydroxylation is 1. The van der Waals surface area contributed by atoms with Gasteiger partial charge in [-0.2, -0.15) is 0 Å². The van der Waals surface area contributed by atoms with Crippen LogP contribution in [0.1, 0.15) is 17.0 Å². The van der Waals surface area contributed by atoms with Gasteiger partial charge >= 0.3 is 6.09 Å². The normalized spacial score (nSPS) is 14.9. The monoisotopic (exact) mass is 480 g/mol. The van der Waals surface area contributed by atoms with E-state index in [9.17, 15) is 24.8 Å². The fraction of sp³-hybridized carbons (Fsp3) is 0.167. The first-order valence-corrected chi connectivity index (χ1v) is 10.9. The molecule has 2 aromatic carbocycles. The summed E-state index contributed by atoms with van der Waals surface area (Å²) in [7, 11) is 1.75. The van der Waals surface area contributed by atoms with Crippen LogP contribution in [0.3, 0.4) is 0 Å². The predicted octanol–water partition coefficient (Wildman–Crippen LogP) is 5.13. The van der Waals surface area contributed by atoms with Gasteiger partial charge in [0.25, 0.3) is 11.6 Å². The average molecular weight is 481 g/mol. The molecule has 2 heterocycles. The van der Waals surface area contributed by atoms with Crippen molar-refractivity contribution in [1.29, 1.82) is 0 Å². The maximum absolute atomic E-state index is 13.0. The quantitative estimate of drug-likeness (QED) is 0.227. The maximum Gasteiger partial charge on any atom is 0.417 e. The summed E-state index contributed by atoms with van der Waals surface area (Å²) in [5.41, 5.74) is 2.22. The van der Waals surface area contributed by atoms with Crippen molar-refractivity contribution in [3.05, 3.63) is 88.1 Å². The molecular weight excluding hydrogens is 460 g/mol. The lowest BCUT2D eigenvalue weighted by Gasteiger charge is -2.20. The summed E-state index contributed by atoms with van der Waals surface area (Å²) in [6.07, 6.45) is 3.56. The molecule has 10 heteroatoms. The third-order valence-corrected chi connectivity index (χ3v) is 6.07. The zero-order chi connectivity index (χ0) is 24.4. The van der Waals surface area contributed by atoms with E-state index in [1.54, 1.807) is 66.4 Å². The summed E-state index contributed by atoms with van der Waals surface area (Å²) in [5.74, 6) is 0.293.